The second kappa shape index (κ2) is 5.54. The largest absolute Gasteiger partial charge is 0.399 e. The SMILES string of the molecule is CCC(CC)NC(=O)c1cc(C)cc(N)c1. The van der Waals surface area contributed by atoms with E-state index in [4.69, 9.17) is 5.73 Å². The lowest BCUT2D eigenvalue weighted by Crippen LogP contribution is -2.33. The highest BCUT2D eigenvalue weighted by Crippen LogP contribution is 2.11. The van der Waals surface area contributed by atoms with E-state index in [-0.39, 0.29) is 11.9 Å². The van der Waals surface area contributed by atoms with Crippen molar-refractivity contribution in [3.8, 4) is 0 Å². The molecule has 0 heterocycles. The van der Waals surface area contributed by atoms with Gasteiger partial charge in [0.15, 0.2) is 0 Å². The van der Waals surface area contributed by atoms with Crippen LogP contribution in [-0.4, -0.2) is 11.9 Å². The summed E-state index contributed by atoms with van der Waals surface area (Å²) in [6, 6.07) is 5.67. The van der Waals surface area contributed by atoms with Gasteiger partial charge in [-0.05, 0) is 43.5 Å². The third-order valence-electron chi connectivity index (χ3n) is 2.68. The molecule has 16 heavy (non-hydrogen) atoms. The molecule has 0 unspecified atom stereocenters. The molecule has 0 bridgehead atoms. The number of amides is 1. The van der Waals surface area contributed by atoms with Gasteiger partial charge in [-0.25, -0.2) is 0 Å². The Labute approximate surface area is 97.0 Å². The van der Waals surface area contributed by atoms with Crippen LogP contribution in [0.15, 0.2) is 18.2 Å². The summed E-state index contributed by atoms with van der Waals surface area (Å²) in [5.74, 6) is -0.0379. The molecule has 1 aromatic carbocycles. The highest BCUT2D eigenvalue weighted by atomic mass is 16.1. The summed E-state index contributed by atoms with van der Waals surface area (Å²) >= 11 is 0. The Hall–Kier alpha value is -1.51. The minimum atomic E-state index is -0.0379. The van der Waals surface area contributed by atoms with Crippen molar-refractivity contribution in [2.24, 2.45) is 0 Å². The first kappa shape index (κ1) is 12.6. The molecule has 0 aliphatic heterocycles. The third kappa shape index (κ3) is 3.26. The van der Waals surface area contributed by atoms with Gasteiger partial charge in [-0.15, -0.1) is 0 Å². The lowest BCUT2D eigenvalue weighted by Gasteiger charge is -2.15. The molecule has 0 aliphatic rings. The molecule has 3 heteroatoms. The number of nitrogens with one attached hydrogen (secondary N) is 1. The van der Waals surface area contributed by atoms with Crippen molar-refractivity contribution < 1.29 is 4.79 Å². The molecule has 0 spiro atoms. The van der Waals surface area contributed by atoms with Gasteiger partial charge in [0.1, 0.15) is 0 Å². The summed E-state index contributed by atoms with van der Waals surface area (Å²) in [4.78, 5) is 11.9. The van der Waals surface area contributed by atoms with Gasteiger partial charge < -0.3 is 11.1 Å². The molecule has 0 saturated heterocycles. The van der Waals surface area contributed by atoms with Crippen LogP contribution in [0.1, 0.15) is 42.6 Å². The lowest BCUT2D eigenvalue weighted by molar-refractivity contribution is 0.0935. The molecule has 3 N–H and O–H groups in total. The summed E-state index contributed by atoms with van der Waals surface area (Å²) in [6.45, 7) is 6.07. The zero-order chi connectivity index (χ0) is 12.1. The first-order valence-corrected chi connectivity index (χ1v) is 5.74. The highest BCUT2D eigenvalue weighted by molar-refractivity contribution is 5.95. The number of anilines is 1. The van der Waals surface area contributed by atoms with Gasteiger partial charge in [-0.2, -0.15) is 0 Å². The van der Waals surface area contributed by atoms with E-state index >= 15 is 0 Å². The predicted octanol–water partition coefficient (Wildman–Crippen LogP) is 2.50. The molecule has 1 rings (SSSR count). The maximum atomic E-state index is 11.9. The van der Waals surface area contributed by atoms with E-state index in [0.29, 0.717) is 11.3 Å². The summed E-state index contributed by atoms with van der Waals surface area (Å²) in [5, 5.41) is 2.99. The Morgan fingerprint density at radius 1 is 1.31 bits per heavy atom. The molecular weight excluding hydrogens is 200 g/mol. The van der Waals surface area contributed by atoms with Gasteiger partial charge in [0.2, 0.25) is 0 Å². The zero-order valence-corrected chi connectivity index (χ0v) is 10.2. The Bertz CT molecular complexity index is 350. The second-order valence-corrected chi connectivity index (χ2v) is 4.12. The van der Waals surface area contributed by atoms with Crippen LogP contribution in [0.4, 0.5) is 5.69 Å². The Kier molecular flexibility index (Phi) is 4.35. The molecule has 0 radical (unpaired) electrons. The van der Waals surface area contributed by atoms with Crippen LogP contribution >= 0.6 is 0 Å². The topological polar surface area (TPSA) is 55.1 Å². The van der Waals surface area contributed by atoms with E-state index in [0.717, 1.165) is 18.4 Å². The molecule has 3 nitrogen and oxygen atoms in total. The second-order valence-electron chi connectivity index (χ2n) is 4.12. The van der Waals surface area contributed by atoms with Crippen LogP contribution in [0.25, 0.3) is 0 Å². The van der Waals surface area contributed by atoms with E-state index in [2.05, 4.69) is 19.2 Å². The van der Waals surface area contributed by atoms with Gasteiger partial charge in [-0.1, -0.05) is 13.8 Å². The maximum Gasteiger partial charge on any atom is 0.251 e. The van der Waals surface area contributed by atoms with Crippen LogP contribution in [0, 0.1) is 6.92 Å². The monoisotopic (exact) mass is 220 g/mol. The van der Waals surface area contributed by atoms with Crippen LogP contribution in [0.2, 0.25) is 0 Å². The summed E-state index contributed by atoms with van der Waals surface area (Å²) in [5.41, 5.74) is 8.00. The molecule has 0 atom stereocenters. The first-order valence-electron chi connectivity index (χ1n) is 5.74. The minimum absolute atomic E-state index is 0.0379. The van der Waals surface area contributed by atoms with Gasteiger partial charge in [0, 0.05) is 17.3 Å². The van der Waals surface area contributed by atoms with Gasteiger partial charge in [-0.3, -0.25) is 4.79 Å². The smallest absolute Gasteiger partial charge is 0.251 e. The fourth-order valence-electron chi connectivity index (χ4n) is 1.71. The van der Waals surface area contributed by atoms with E-state index in [1.54, 1.807) is 6.07 Å². The highest BCUT2D eigenvalue weighted by Gasteiger charge is 2.11. The number of nitrogen functional groups attached to an aromatic ring is 1. The molecule has 0 saturated carbocycles. The van der Waals surface area contributed by atoms with Crippen LogP contribution in [0.3, 0.4) is 0 Å². The van der Waals surface area contributed by atoms with Crippen LogP contribution < -0.4 is 11.1 Å². The normalized spacial score (nSPS) is 10.5. The molecular formula is C13H20N2O. The summed E-state index contributed by atoms with van der Waals surface area (Å²) in [6.07, 6.45) is 1.90. The van der Waals surface area contributed by atoms with E-state index in [1.165, 1.54) is 0 Å². The van der Waals surface area contributed by atoms with Crippen LogP contribution in [-0.2, 0) is 0 Å². The van der Waals surface area contributed by atoms with E-state index in [1.807, 2.05) is 19.1 Å². The molecule has 0 aliphatic carbocycles. The van der Waals surface area contributed by atoms with Crippen molar-refractivity contribution in [3.63, 3.8) is 0 Å². The van der Waals surface area contributed by atoms with Gasteiger partial charge >= 0.3 is 0 Å². The number of rotatable bonds is 4. The van der Waals surface area contributed by atoms with Crippen molar-refractivity contribution in [1.29, 1.82) is 0 Å². The maximum absolute atomic E-state index is 11.9. The third-order valence-corrected chi connectivity index (χ3v) is 2.68. The van der Waals surface area contributed by atoms with Crippen molar-refractivity contribution in [2.45, 2.75) is 39.7 Å². The summed E-state index contributed by atoms with van der Waals surface area (Å²) in [7, 11) is 0. The predicted molar refractivity (Wildman–Crippen MR) is 67.4 cm³/mol. The fourth-order valence-corrected chi connectivity index (χ4v) is 1.71. The fraction of sp³-hybridized carbons (Fsp3) is 0.462. The number of hydrogen-bond donors (Lipinski definition) is 2. The quantitative estimate of drug-likeness (QED) is 0.766. The van der Waals surface area contributed by atoms with Crippen molar-refractivity contribution >= 4 is 11.6 Å². The number of hydrogen-bond acceptors (Lipinski definition) is 2. The standard InChI is InChI=1S/C13H20N2O/c1-4-12(5-2)15-13(16)10-6-9(3)7-11(14)8-10/h6-8,12H,4-5,14H2,1-3H3,(H,15,16). The average molecular weight is 220 g/mol. The summed E-state index contributed by atoms with van der Waals surface area (Å²) < 4.78 is 0. The molecule has 1 aromatic rings. The molecule has 0 aromatic heterocycles. The molecule has 88 valence electrons. The van der Waals surface area contributed by atoms with Gasteiger partial charge in [0.25, 0.3) is 5.91 Å². The van der Waals surface area contributed by atoms with Crippen LogP contribution in [0.5, 0.6) is 0 Å². The Balaban J connectivity index is 2.80. The average Bonchev–Trinajstić information content (AvgIpc) is 2.24. The number of carbonyl (C=O) groups is 1. The number of benzene rings is 1. The first-order chi connectivity index (χ1) is 7.56. The van der Waals surface area contributed by atoms with Gasteiger partial charge in [0.05, 0.1) is 0 Å². The minimum Gasteiger partial charge on any atom is -0.399 e. The lowest BCUT2D eigenvalue weighted by atomic mass is 10.1. The van der Waals surface area contributed by atoms with E-state index < -0.39 is 0 Å². The zero-order valence-electron chi connectivity index (χ0n) is 10.2. The van der Waals surface area contributed by atoms with Crippen molar-refractivity contribution in [3.05, 3.63) is 29.3 Å². The van der Waals surface area contributed by atoms with E-state index in [9.17, 15) is 4.79 Å². The van der Waals surface area contributed by atoms with Crippen molar-refractivity contribution in [1.82, 2.24) is 5.32 Å². The number of carbonyl (C=O) groups excluding carboxylic acids is 1. The molecule has 1 amide bonds. The number of nitrogens with two attached hydrogens (primary N) is 1. The Morgan fingerprint density at radius 2 is 1.94 bits per heavy atom. The Morgan fingerprint density at radius 3 is 2.44 bits per heavy atom. The molecule has 0 fully saturated rings. The number of aryl methyl sites for hydroxylation is 1. The van der Waals surface area contributed by atoms with Crippen molar-refractivity contribution in [2.75, 3.05) is 5.73 Å².